The van der Waals surface area contributed by atoms with Gasteiger partial charge >= 0.3 is 0 Å². The molecular weight excluding hydrogens is 222 g/mol. The summed E-state index contributed by atoms with van der Waals surface area (Å²) in [6, 6.07) is 20.3. The van der Waals surface area contributed by atoms with Gasteiger partial charge in [0.15, 0.2) is 6.04 Å². The lowest BCUT2D eigenvalue weighted by Gasteiger charge is -1.94. The number of benzene rings is 2. The molecule has 90 valence electrons. The zero-order chi connectivity index (χ0) is 12.5. The second-order valence-corrected chi connectivity index (χ2v) is 4.84. The van der Waals surface area contributed by atoms with Crippen molar-refractivity contribution in [3.8, 4) is 0 Å². The van der Waals surface area contributed by atoms with E-state index in [0.717, 1.165) is 5.56 Å². The van der Waals surface area contributed by atoms with Crippen LogP contribution in [-0.4, -0.2) is 18.9 Å². The molecule has 1 fully saturated rings. The van der Waals surface area contributed by atoms with Crippen molar-refractivity contribution in [2.24, 2.45) is 0 Å². The Kier molecular flexibility index (Phi) is 2.73. The van der Waals surface area contributed by atoms with Crippen LogP contribution in [0.3, 0.4) is 0 Å². The Balaban J connectivity index is 1.82. The van der Waals surface area contributed by atoms with E-state index in [1.54, 1.807) is 0 Å². The Morgan fingerprint density at radius 3 is 2.11 bits per heavy atom. The number of carbonyl (C=O) groups is 1. The number of quaternary nitrogens is 1. The molecule has 0 amide bonds. The van der Waals surface area contributed by atoms with Crippen molar-refractivity contribution in [3.63, 3.8) is 0 Å². The standard InChI is InChI=1S/C16H15NO/c1-17-14(12-8-4-2-5-9-12)15(17)16(18)13-10-6-3-7-11-13/h2-11,14-15H,1H3/p+1/t14-,15-,17?/m0/s1. The third-order valence-electron chi connectivity index (χ3n) is 3.70. The minimum Gasteiger partial charge on any atom is -0.312 e. The molecule has 1 aliphatic heterocycles. The van der Waals surface area contributed by atoms with Crippen molar-refractivity contribution in [2.75, 3.05) is 7.05 Å². The number of rotatable bonds is 3. The molecule has 0 spiro atoms. The molecule has 2 aromatic carbocycles. The van der Waals surface area contributed by atoms with Crippen LogP contribution >= 0.6 is 0 Å². The van der Waals surface area contributed by atoms with Crippen LogP contribution in [-0.2, 0) is 0 Å². The molecule has 1 saturated heterocycles. The van der Waals surface area contributed by atoms with Crippen LogP contribution in [0.2, 0.25) is 0 Å². The van der Waals surface area contributed by atoms with Crippen molar-refractivity contribution < 1.29 is 9.69 Å². The maximum atomic E-state index is 12.4. The summed E-state index contributed by atoms with van der Waals surface area (Å²) in [5.74, 6) is 0.252. The van der Waals surface area contributed by atoms with Gasteiger partial charge in [0.2, 0.25) is 11.8 Å². The maximum absolute atomic E-state index is 12.4. The fraction of sp³-hybridized carbons (Fsp3) is 0.188. The molecule has 3 rings (SSSR count). The number of ketones is 1. The summed E-state index contributed by atoms with van der Waals surface area (Å²) < 4.78 is 0. The normalized spacial score (nSPS) is 25.7. The second kappa shape index (κ2) is 4.39. The summed E-state index contributed by atoms with van der Waals surface area (Å²) in [7, 11) is 2.09. The first kappa shape index (κ1) is 11.2. The average Bonchev–Trinajstić information content (AvgIpc) is 3.11. The molecule has 1 N–H and O–H groups in total. The molecule has 0 bridgehead atoms. The number of hydrogen-bond donors (Lipinski definition) is 1. The predicted molar refractivity (Wildman–Crippen MR) is 70.6 cm³/mol. The van der Waals surface area contributed by atoms with Gasteiger partial charge in [-0.15, -0.1) is 0 Å². The Labute approximate surface area is 107 Å². The lowest BCUT2D eigenvalue weighted by atomic mass is 10.0. The Bertz CT molecular complexity index is 550. The van der Waals surface area contributed by atoms with Crippen LogP contribution in [0, 0.1) is 0 Å². The highest BCUT2D eigenvalue weighted by Gasteiger charge is 2.57. The minimum atomic E-state index is 0.0785. The van der Waals surface area contributed by atoms with Gasteiger partial charge in [-0.05, 0) is 0 Å². The van der Waals surface area contributed by atoms with Crippen LogP contribution in [0.1, 0.15) is 22.0 Å². The van der Waals surface area contributed by atoms with Crippen molar-refractivity contribution >= 4 is 5.78 Å². The van der Waals surface area contributed by atoms with E-state index in [9.17, 15) is 4.79 Å². The van der Waals surface area contributed by atoms with Crippen LogP contribution in [0.15, 0.2) is 60.7 Å². The highest BCUT2D eigenvalue weighted by Crippen LogP contribution is 2.24. The summed E-state index contributed by atoms with van der Waals surface area (Å²) >= 11 is 0. The summed E-state index contributed by atoms with van der Waals surface area (Å²) in [5, 5.41) is 0. The van der Waals surface area contributed by atoms with Crippen molar-refractivity contribution in [3.05, 3.63) is 71.8 Å². The van der Waals surface area contributed by atoms with Crippen molar-refractivity contribution in [1.82, 2.24) is 0 Å². The fourth-order valence-electron chi connectivity index (χ4n) is 2.64. The van der Waals surface area contributed by atoms with Gasteiger partial charge in [0.1, 0.15) is 0 Å². The van der Waals surface area contributed by atoms with E-state index < -0.39 is 0 Å². The topological polar surface area (TPSA) is 21.5 Å². The summed E-state index contributed by atoms with van der Waals surface area (Å²) in [6.07, 6.45) is 0. The van der Waals surface area contributed by atoms with Gasteiger partial charge < -0.3 is 4.90 Å². The molecule has 2 aromatic rings. The molecular formula is C16H16NO+. The van der Waals surface area contributed by atoms with E-state index in [2.05, 4.69) is 19.2 Å². The first-order chi connectivity index (χ1) is 8.79. The monoisotopic (exact) mass is 238 g/mol. The van der Waals surface area contributed by atoms with Gasteiger partial charge in [0.05, 0.1) is 7.05 Å². The molecule has 3 atom stereocenters. The third kappa shape index (κ3) is 1.85. The second-order valence-electron chi connectivity index (χ2n) is 4.84. The maximum Gasteiger partial charge on any atom is 0.226 e. The van der Waals surface area contributed by atoms with Crippen LogP contribution in [0.25, 0.3) is 0 Å². The highest BCUT2D eigenvalue weighted by molar-refractivity contribution is 6.00. The first-order valence-corrected chi connectivity index (χ1v) is 6.26. The Hall–Kier alpha value is -1.93. The van der Waals surface area contributed by atoms with Gasteiger partial charge in [-0.25, -0.2) is 0 Å². The zero-order valence-corrected chi connectivity index (χ0v) is 10.3. The zero-order valence-electron chi connectivity index (χ0n) is 10.3. The van der Waals surface area contributed by atoms with Gasteiger partial charge in [-0.3, -0.25) is 4.79 Å². The molecule has 18 heavy (non-hydrogen) atoms. The number of carbonyl (C=O) groups excluding carboxylic acids is 1. The number of nitrogens with one attached hydrogen (secondary N) is 1. The van der Waals surface area contributed by atoms with Crippen molar-refractivity contribution in [2.45, 2.75) is 12.1 Å². The van der Waals surface area contributed by atoms with Gasteiger partial charge in [-0.1, -0.05) is 60.7 Å². The molecule has 2 heteroatoms. The lowest BCUT2D eigenvalue weighted by Crippen LogP contribution is -2.91. The summed E-state index contributed by atoms with van der Waals surface area (Å²) in [6.45, 7) is 0. The van der Waals surface area contributed by atoms with Crippen molar-refractivity contribution in [1.29, 1.82) is 0 Å². The lowest BCUT2D eigenvalue weighted by molar-refractivity contribution is -0.762. The van der Waals surface area contributed by atoms with E-state index in [1.807, 2.05) is 48.5 Å². The summed E-state index contributed by atoms with van der Waals surface area (Å²) in [5.41, 5.74) is 2.07. The van der Waals surface area contributed by atoms with Crippen LogP contribution in [0.5, 0.6) is 0 Å². The molecule has 1 unspecified atom stereocenters. The Morgan fingerprint density at radius 2 is 1.50 bits per heavy atom. The predicted octanol–water partition coefficient (Wildman–Crippen LogP) is 1.51. The van der Waals surface area contributed by atoms with Gasteiger partial charge in [0, 0.05) is 11.1 Å². The van der Waals surface area contributed by atoms with E-state index >= 15 is 0 Å². The van der Waals surface area contributed by atoms with E-state index in [0.29, 0.717) is 6.04 Å². The molecule has 0 saturated carbocycles. The minimum absolute atomic E-state index is 0.0785. The number of likely N-dealkylation sites (N-methyl/N-ethyl adjacent to an activating group) is 1. The van der Waals surface area contributed by atoms with E-state index in [-0.39, 0.29) is 11.8 Å². The van der Waals surface area contributed by atoms with Gasteiger partial charge in [-0.2, -0.15) is 0 Å². The largest absolute Gasteiger partial charge is 0.312 e. The molecule has 1 aliphatic rings. The molecule has 1 heterocycles. The van der Waals surface area contributed by atoms with Crippen LogP contribution in [0.4, 0.5) is 0 Å². The third-order valence-corrected chi connectivity index (χ3v) is 3.70. The quantitative estimate of drug-likeness (QED) is 0.635. The van der Waals surface area contributed by atoms with Gasteiger partial charge in [0.25, 0.3) is 0 Å². The first-order valence-electron chi connectivity index (χ1n) is 6.26. The number of hydrogen-bond acceptors (Lipinski definition) is 1. The average molecular weight is 238 g/mol. The number of Topliss-reactive ketones (excluding diaryl/α,β-unsaturated/α-hetero) is 1. The summed E-state index contributed by atoms with van der Waals surface area (Å²) in [4.78, 5) is 13.7. The smallest absolute Gasteiger partial charge is 0.226 e. The molecule has 0 radical (unpaired) electrons. The molecule has 2 nitrogen and oxygen atoms in total. The molecule has 0 aromatic heterocycles. The Morgan fingerprint density at radius 1 is 0.944 bits per heavy atom. The molecule has 0 aliphatic carbocycles. The van der Waals surface area contributed by atoms with E-state index in [1.165, 1.54) is 10.5 Å². The highest BCUT2D eigenvalue weighted by atomic mass is 16.1. The fourth-order valence-corrected chi connectivity index (χ4v) is 2.64. The SMILES string of the molecule is C[NH+]1[C@H](C(=O)c2ccccc2)[C@@H]1c1ccccc1. The van der Waals surface area contributed by atoms with E-state index in [4.69, 9.17) is 0 Å². The van der Waals surface area contributed by atoms with Crippen LogP contribution < -0.4 is 4.90 Å².